The first kappa shape index (κ1) is 23.6. The molecule has 0 aromatic heterocycles. The van der Waals surface area contributed by atoms with Crippen LogP contribution in [0.25, 0.3) is 0 Å². The van der Waals surface area contributed by atoms with E-state index in [9.17, 15) is 25.2 Å². The molecule has 0 aliphatic heterocycles. The Bertz CT molecular complexity index is 383. The summed E-state index contributed by atoms with van der Waals surface area (Å²) < 4.78 is 59.2. The van der Waals surface area contributed by atoms with E-state index in [-0.39, 0.29) is 17.1 Å². The molecule has 1 fully saturated rings. The molecule has 10 heteroatoms. The van der Waals surface area contributed by atoms with Crippen molar-refractivity contribution in [3.8, 4) is 0 Å². The summed E-state index contributed by atoms with van der Waals surface area (Å²) in [4.78, 5) is 0. The average Bonchev–Trinajstić information content (AvgIpc) is 2.68. The van der Waals surface area contributed by atoms with Crippen LogP contribution in [0.5, 0.6) is 0 Å². The molecule has 21 heavy (non-hydrogen) atoms. The molecule has 0 spiro atoms. The minimum Gasteiger partial charge on any atom is -0.0312 e. The van der Waals surface area contributed by atoms with Crippen LogP contribution in [0, 0.1) is 32.1 Å². The number of rotatable bonds is 0. The maximum absolute atomic E-state index is 10.7. The third kappa shape index (κ3) is 29.1. The molecule has 121 valence electrons. The van der Waals surface area contributed by atoms with Gasteiger partial charge in [0.25, 0.3) is 0 Å². The van der Waals surface area contributed by atoms with Crippen LogP contribution in [0.15, 0.2) is 24.3 Å². The first-order valence-electron chi connectivity index (χ1n) is 4.88. The van der Waals surface area contributed by atoms with Crippen LogP contribution < -0.4 is 0 Å². The molecule has 5 radical (unpaired) electrons. The van der Waals surface area contributed by atoms with Gasteiger partial charge in [0, 0.05) is 10.0 Å². The van der Waals surface area contributed by atoms with Crippen LogP contribution in [0.4, 0.5) is 25.2 Å². The van der Waals surface area contributed by atoms with Gasteiger partial charge in [0.05, 0.1) is 0 Å². The number of hydrogen-bond donors (Lipinski definition) is 0. The summed E-state index contributed by atoms with van der Waals surface area (Å²) in [5.74, 6) is 0. The maximum Gasteiger partial charge on any atom is 2.00 e. The van der Waals surface area contributed by atoms with E-state index < -0.39 is 7.81 Å². The van der Waals surface area contributed by atoms with Gasteiger partial charge in [-0.1, -0.05) is 29.3 Å². The molecule has 1 saturated carbocycles. The Labute approximate surface area is 139 Å². The van der Waals surface area contributed by atoms with E-state index in [0.29, 0.717) is 10.0 Å². The first-order valence-corrected chi connectivity index (χ1v) is 7.66. The molecule has 0 bridgehead atoms. The van der Waals surface area contributed by atoms with E-state index in [1.54, 1.807) is 18.2 Å². The zero-order valence-corrected chi connectivity index (χ0v) is 13.5. The first-order chi connectivity index (χ1) is 8.74. The van der Waals surface area contributed by atoms with E-state index in [2.05, 4.69) is 0 Å². The SMILES string of the molecule is Clc1cccc(Cl)c1.F[P-](F)(F)(F)(F)F.[CH]1[CH][CH][CH][CH]1.[Fe+2]. The number of halogens is 8. The van der Waals surface area contributed by atoms with Crippen molar-refractivity contribution in [1.82, 2.24) is 0 Å². The van der Waals surface area contributed by atoms with Crippen LogP contribution in [-0.2, 0) is 17.1 Å². The molecule has 1 aliphatic carbocycles. The van der Waals surface area contributed by atoms with Crippen LogP contribution in [0.2, 0.25) is 10.0 Å². The Morgan fingerprint density at radius 2 is 0.905 bits per heavy atom. The molecule has 1 aliphatic rings. The molecule has 0 N–H and O–H groups in total. The fourth-order valence-electron chi connectivity index (χ4n) is 0.781. The van der Waals surface area contributed by atoms with Crippen molar-refractivity contribution in [2.24, 2.45) is 0 Å². The van der Waals surface area contributed by atoms with Crippen LogP contribution in [0.1, 0.15) is 0 Å². The summed E-state index contributed by atoms with van der Waals surface area (Å²) in [5.41, 5.74) is 0. The van der Waals surface area contributed by atoms with Crippen molar-refractivity contribution in [1.29, 1.82) is 0 Å². The predicted octanol–water partition coefficient (Wildman–Crippen LogP) is 7.39. The van der Waals surface area contributed by atoms with Gasteiger partial charge in [-0.15, -0.1) is 0 Å². The molecular formula is C11H9Cl2F6FeP+. The normalized spacial score (nSPS) is 17.0. The summed E-state index contributed by atoms with van der Waals surface area (Å²) >= 11 is 11.1. The van der Waals surface area contributed by atoms with Gasteiger partial charge < -0.3 is 0 Å². The van der Waals surface area contributed by atoms with E-state index in [1.807, 2.05) is 38.2 Å². The minimum atomic E-state index is -10.7. The summed E-state index contributed by atoms with van der Waals surface area (Å²) in [6.07, 6.45) is 10.0. The molecule has 2 rings (SSSR count). The largest absolute Gasteiger partial charge is 2.00 e. The van der Waals surface area contributed by atoms with Crippen molar-refractivity contribution in [3.05, 3.63) is 66.4 Å². The van der Waals surface area contributed by atoms with Gasteiger partial charge in [0.1, 0.15) is 0 Å². The molecule has 0 heterocycles. The molecule has 1 aromatic rings. The van der Waals surface area contributed by atoms with Crippen LogP contribution in [-0.4, -0.2) is 0 Å². The number of benzene rings is 1. The molecule has 0 amide bonds. The third-order valence-corrected chi connectivity index (χ3v) is 1.81. The van der Waals surface area contributed by atoms with Crippen LogP contribution >= 0.6 is 31.0 Å². The quantitative estimate of drug-likeness (QED) is 0.236. The third-order valence-electron chi connectivity index (χ3n) is 1.34. The summed E-state index contributed by atoms with van der Waals surface area (Å²) in [6.45, 7) is 0. The zero-order valence-electron chi connectivity index (χ0n) is 10.0. The second kappa shape index (κ2) is 8.26. The van der Waals surface area contributed by atoms with Crippen molar-refractivity contribution < 1.29 is 42.3 Å². The van der Waals surface area contributed by atoms with Gasteiger partial charge in [-0.05, 0) is 50.3 Å². The van der Waals surface area contributed by atoms with E-state index in [0.717, 1.165) is 0 Å². The zero-order chi connectivity index (χ0) is 15.9. The molecular weight excluding hydrogens is 404 g/mol. The summed E-state index contributed by atoms with van der Waals surface area (Å²) in [6, 6.07) is 7.08. The van der Waals surface area contributed by atoms with Gasteiger partial charge in [-0.2, -0.15) is 0 Å². The molecule has 0 atom stereocenters. The Kier molecular flexibility index (Phi) is 9.28. The van der Waals surface area contributed by atoms with Gasteiger partial charge in [-0.25, -0.2) is 0 Å². The Hall–Kier alpha value is 0.329. The monoisotopic (exact) mass is 412 g/mol. The van der Waals surface area contributed by atoms with Gasteiger partial charge in [-0.3, -0.25) is 0 Å². The Balaban J connectivity index is 0. The van der Waals surface area contributed by atoms with E-state index in [4.69, 9.17) is 23.2 Å². The van der Waals surface area contributed by atoms with E-state index >= 15 is 0 Å². The smallest absolute Gasteiger partial charge is 0.0312 e. The van der Waals surface area contributed by atoms with Crippen molar-refractivity contribution in [2.75, 3.05) is 0 Å². The predicted molar refractivity (Wildman–Crippen MR) is 71.5 cm³/mol. The van der Waals surface area contributed by atoms with Crippen LogP contribution in [0.3, 0.4) is 0 Å². The molecule has 0 saturated heterocycles. The van der Waals surface area contributed by atoms with Gasteiger partial charge >= 0.3 is 50.1 Å². The Morgan fingerprint density at radius 1 is 0.667 bits per heavy atom. The van der Waals surface area contributed by atoms with Gasteiger partial charge in [0.2, 0.25) is 0 Å². The second-order valence-electron chi connectivity index (χ2n) is 3.36. The topological polar surface area (TPSA) is 0 Å². The second-order valence-corrected chi connectivity index (χ2v) is 6.15. The van der Waals surface area contributed by atoms with Crippen molar-refractivity contribution >= 4 is 31.0 Å². The average molecular weight is 413 g/mol. The fourth-order valence-corrected chi connectivity index (χ4v) is 1.22. The fraction of sp³-hybridized carbons (Fsp3) is 0. The number of hydrogen-bond acceptors (Lipinski definition) is 0. The van der Waals surface area contributed by atoms with Crippen molar-refractivity contribution in [3.63, 3.8) is 0 Å². The van der Waals surface area contributed by atoms with E-state index in [1.165, 1.54) is 0 Å². The molecule has 0 unspecified atom stereocenters. The van der Waals surface area contributed by atoms with Crippen molar-refractivity contribution in [2.45, 2.75) is 0 Å². The maximum atomic E-state index is 9.87. The molecule has 0 nitrogen and oxygen atoms in total. The summed E-state index contributed by atoms with van der Waals surface area (Å²) in [5, 5.41) is 1.36. The molecule has 1 aromatic carbocycles. The standard InChI is InChI=1S/C6H4Cl2.C5H5.F6P.Fe/c7-5-2-1-3-6(8)4-5;1-2-4-5-3-1;1-7(2,3,4,5)6;/h1-4H;1-5H;;/q;;-1;+2. The minimum absolute atomic E-state index is 0. The summed E-state index contributed by atoms with van der Waals surface area (Å²) in [7, 11) is -10.7. The van der Waals surface area contributed by atoms with Gasteiger partial charge in [0.15, 0.2) is 0 Å². The Morgan fingerprint density at radius 3 is 1.05 bits per heavy atom.